The number of para-hydroxylation sites is 1. The van der Waals surface area contributed by atoms with E-state index >= 15 is 0 Å². The van der Waals surface area contributed by atoms with Crippen molar-refractivity contribution in [2.45, 2.75) is 6.54 Å². The summed E-state index contributed by atoms with van der Waals surface area (Å²) in [4.78, 5) is 21.9. The molecule has 0 aliphatic carbocycles. The number of anilines is 1. The van der Waals surface area contributed by atoms with Crippen LogP contribution in [0.5, 0.6) is 0 Å². The second-order valence-corrected chi connectivity index (χ2v) is 7.89. The van der Waals surface area contributed by atoms with Crippen LogP contribution in [0.15, 0.2) is 54.6 Å². The molecule has 4 rings (SSSR count). The Morgan fingerprint density at radius 1 is 0.786 bits per heavy atom. The van der Waals surface area contributed by atoms with Crippen LogP contribution < -0.4 is 4.90 Å². The van der Waals surface area contributed by atoms with Crippen molar-refractivity contribution in [3.05, 3.63) is 65.7 Å². The second-order valence-electron chi connectivity index (χ2n) is 7.89. The molecule has 2 heterocycles. The van der Waals surface area contributed by atoms with E-state index in [2.05, 4.69) is 64.2 Å². The Balaban J connectivity index is 1.29. The van der Waals surface area contributed by atoms with E-state index in [1.165, 1.54) is 11.3 Å². The fourth-order valence-corrected chi connectivity index (χ4v) is 4.01. The van der Waals surface area contributed by atoms with Crippen molar-refractivity contribution in [3.63, 3.8) is 0 Å². The standard InChI is InChI=1S/C23H30N4O/c1-24-11-15-27(16-12-24)23(28)21-9-7-20(8-10-21)19-25-13-17-26(18-14-25)22-5-3-2-4-6-22/h2-10H,11-19H2,1H3. The highest BCUT2D eigenvalue weighted by Gasteiger charge is 2.21. The maximum absolute atomic E-state index is 12.7. The number of likely N-dealkylation sites (N-methyl/N-ethyl adjacent to an activating group) is 1. The third-order valence-corrected chi connectivity index (χ3v) is 5.89. The van der Waals surface area contributed by atoms with Gasteiger partial charge in [-0.3, -0.25) is 9.69 Å². The molecule has 2 aromatic rings. The van der Waals surface area contributed by atoms with Gasteiger partial charge in [0.1, 0.15) is 0 Å². The van der Waals surface area contributed by atoms with Gasteiger partial charge in [0.15, 0.2) is 0 Å². The number of carbonyl (C=O) groups excluding carboxylic acids is 1. The maximum atomic E-state index is 12.7. The summed E-state index contributed by atoms with van der Waals surface area (Å²) in [6.45, 7) is 8.76. The summed E-state index contributed by atoms with van der Waals surface area (Å²) in [7, 11) is 2.11. The summed E-state index contributed by atoms with van der Waals surface area (Å²) in [6, 6.07) is 18.9. The highest BCUT2D eigenvalue weighted by atomic mass is 16.2. The number of benzene rings is 2. The van der Waals surface area contributed by atoms with Gasteiger partial charge in [0, 0.05) is 70.2 Å². The average Bonchev–Trinajstić information content (AvgIpc) is 2.75. The van der Waals surface area contributed by atoms with Crippen LogP contribution in [0.3, 0.4) is 0 Å². The fraction of sp³-hybridized carbons (Fsp3) is 0.435. The first-order chi connectivity index (χ1) is 13.7. The lowest BCUT2D eigenvalue weighted by Gasteiger charge is -2.36. The second kappa shape index (κ2) is 8.76. The van der Waals surface area contributed by atoms with Gasteiger partial charge in [0.2, 0.25) is 0 Å². The Labute approximate surface area is 168 Å². The van der Waals surface area contributed by atoms with E-state index in [9.17, 15) is 4.79 Å². The highest BCUT2D eigenvalue weighted by molar-refractivity contribution is 5.94. The van der Waals surface area contributed by atoms with Gasteiger partial charge in [-0.05, 0) is 36.9 Å². The van der Waals surface area contributed by atoms with Gasteiger partial charge in [0.05, 0.1) is 0 Å². The molecule has 28 heavy (non-hydrogen) atoms. The minimum atomic E-state index is 0.163. The molecule has 1 amide bonds. The lowest BCUT2D eigenvalue weighted by Crippen LogP contribution is -2.47. The summed E-state index contributed by atoms with van der Waals surface area (Å²) in [6.07, 6.45) is 0. The Bertz CT molecular complexity index is 761. The molecule has 0 spiro atoms. The third-order valence-electron chi connectivity index (χ3n) is 5.89. The number of nitrogens with zero attached hydrogens (tertiary/aromatic N) is 4. The van der Waals surface area contributed by atoms with E-state index in [4.69, 9.17) is 0 Å². The summed E-state index contributed by atoms with van der Waals surface area (Å²) in [5, 5.41) is 0. The van der Waals surface area contributed by atoms with Gasteiger partial charge in [-0.25, -0.2) is 0 Å². The van der Waals surface area contributed by atoms with Crippen molar-refractivity contribution in [1.82, 2.24) is 14.7 Å². The van der Waals surface area contributed by atoms with Crippen molar-refractivity contribution < 1.29 is 4.79 Å². The van der Waals surface area contributed by atoms with Crippen molar-refractivity contribution in [1.29, 1.82) is 0 Å². The molecule has 2 saturated heterocycles. The van der Waals surface area contributed by atoms with Crippen LogP contribution in [0.4, 0.5) is 5.69 Å². The van der Waals surface area contributed by atoms with Crippen LogP contribution in [0.1, 0.15) is 15.9 Å². The van der Waals surface area contributed by atoms with E-state index in [0.29, 0.717) is 0 Å². The monoisotopic (exact) mass is 378 g/mol. The van der Waals surface area contributed by atoms with Gasteiger partial charge in [-0.1, -0.05) is 30.3 Å². The third kappa shape index (κ3) is 4.54. The molecule has 5 nitrogen and oxygen atoms in total. The normalized spacial score (nSPS) is 19.0. The zero-order valence-corrected chi connectivity index (χ0v) is 16.8. The topological polar surface area (TPSA) is 30.0 Å². The Morgan fingerprint density at radius 3 is 2.07 bits per heavy atom. The van der Waals surface area contributed by atoms with Crippen LogP contribution in [-0.4, -0.2) is 80.0 Å². The molecule has 0 aromatic heterocycles. The molecule has 5 heteroatoms. The van der Waals surface area contributed by atoms with Gasteiger partial charge in [-0.2, -0.15) is 0 Å². The van der Waals surface area contributed by atoms with Gasteiger partial charge >= 0.3 is 0 Å². The number of rotatable bonds is 4. The van der Waals surface area contributed by atoms with Crippen molar-refractivity contribution in [2.75, 3.05) is 64.3 Å². The molecule has 2 fully saturated rings. The first kappa shape index (κ1) is 19.0. The average molecular weight is 379 g/mol. The van der Waals surface area contributed by atoms with Gasteiger partial charge < -0.3 is 14.7 Å². The number of carbonyl (C=O) groups is 1. The molecule has 0 saturated carbocycles. The quantitative estimate of drug-likeness (QED) is 0.817. The lowest BCUT2D eigenvalue weighted by molar-refractivity contribution is 0.0664. The van der Waals surface area contributed by atoms with Crippen molar-refractivity contribution >= 4 is 11.6 Å². The van der Waals surface area contributed by atoms with Crippen molar-refractivity contribution in [3.8, 4) is 0 Å². The Kier molecular flexibility index (Phi) is 5.93. The summed E-state index contributed by atoms with van der Waals surface area (Å²) in [5.41, 5.74) is 3.40. The number of hydrogen-bond acceptors (Lipinski definition) is 4. The maximum Gasteiger partial charge on any atom is 0.253 e. The first-order valence-corrected chi connectivity index (χ1v) is 10.3. The molecule has 2 aromatic carbocycles. The fourth-order valence-electron chi connectivity index (χ4n) is 4.01. The SMILES string of the molecule is CN1CCN(C(=O)c2ccc(CN3CCN(c4ccccc4)CC3)cc2)CC1. The minimum absolute atomic E-state index is 0.163. The summed E-state index contributed by atoms with van der Waals surface area (Å²) < 4.78 is 0. The molecule has 2 aliphatic heterocycles. The van der Waals surface area contributed by atoms with Crippen LogP contribution in [0.2, 0.25) is 0 Å². The molecule has 2 aliphatic rings. The van der Waals surface area contributed by atoms with Crippen LogP contribution >= 0.6 is 0 Å². The number of hydrogen-bond donors (Lipinski definition) is 0. The van der Waals surface area contributed by atoms with Gasteiger partial charge in [0.25, 0.3) is 5.91 Å². The van der Waals surface area contributed by atoms with E-state index in [-0.39, 0.29) is 5.91 Å². The van der Waals surface area contributed by atoms with E-state index in [1.807, 2.05) is 17.0 Å². The van der Waals surface area contributed by atoms with E-state index in [1.54, 1.807) is 0 Å². The smallest absolute Gasteiger partial charge is 0.253 e. The van der Waals surface area contributed by atoms with Crippen LogP contribution in [0, 0.1) is 0 Å². The molecular formula is C23H30N4O. The number of amides is 1. The highest BCUT2D eigenvalue weighted by Crippen LogP contribution is 2.17. The van der Waals surface area contributed by atoms with Crippen LogP contribution in [-0.2, 0) is 6.54 Å². The molecule has 0 N–H and O–H groups in total. The minimum Gasteiger partial charge on any atom is -0.369 e. The molecule has 0 unspecified atom stereocenters. The van der Waals surface area contributed by atoms with Crippen LogP contribution in [0.25, 0.3) is 0 Å². The predicted molar refractivity (Wildman–Crippen MR) is 114 cm³/mol. The zero-order chi connectivity index (χ0) is 19.3. The van der Waals surface area contributed by atoms with E-state index in [0.717, 1.165) is 64.5 Å². The van der Waals surface area contributed by atoms with Crippen molar-refractivity contribution in [2.24, 2.45) is 0 Å². The summed E-state index contributed by atoms with van der Waals surface area (Å²) in [5.74, 6) is 0.163. The molecule has 0 bridgehead atoms. The zero-order valence-electron chi connectivity index (χ0n) is 16.8. The van der Waals surface area contributed by atoms with Gasteiger partial charge in [-0.15, -0.1) is 0 Å². The summed E-state index contributed by atoms with van der Waals surface area (Å²) >= 11 is 0. The Morgan fingerprint density at radius 2 is 1.43 bits per heavy atom. The molecule has 0 radical (unpaired) electrons. The predicted octanol–water partition coefficient (Wildman–Crippen LogP) is 2.40. The molecular weight excluding hydrogens is 348 g/mol. The molecule has 0 atom stereocenters. The number of piperazine rings is 2. The Hall–Kier alpha value is -2.37. The first-order valence-electron chi connectivity index (χ1n) is 10.3. The van der Waals surface area contributed by atoms with E-state index < -0.39 is 0 Å². The lowest BCUT2D eigenvalue weighted by atomic mass is 10.1. The molecule has 148 valence electrons. The largest absolute Gasteiger partial charge is 0.369 e.